The summed E-state index contributed by atoms with van der Waals surface area (Å²) in [5.74, 6) is 0. The predicted octanol–water partition coefficient (Wildman–Crippen LogP) is 0.379. The Morgan fingerprint density at radius 3 is 3.17 bits per heavy atom. The van der Waals surface area contributed by atoms with Crippen molar-refractivity contribution in [2.45, 2.75) is 19.4 Å². The molecule has 1 rings (SSSR count). The van der Waals surface area contributed by atoms with E-state index in [0.29, 0.717) is 12.8 Å². The van der Waals surface area contributed by atoms with Gasteiger partial charge in [-0.15, -0.1) is 5.10 Å². The predicted molar refractivity (Wildman–Crippen MR) is 40.4 cm³/mol. The Balaban J connectivity index is 2.46. The van der Waals surface area contributed by atoms with Crippen molar-refractivity contribution in [3.8, 4) is 0 Å². The van der Waals surface area contributed by atoms with Crippen LogP contribution in [0.4, 0.5) is 4.39 Å². The summed E-state index contributed by atoms with van der Waals surface area (Å²) in [7, 11) is 0. The topological polar surface area (TPSA) is 47.8 Å². The summed E-state index contributed by atoms with van der Waals surface area (Å²) in [4.78, 5) is 10.00. The Labute approximate surface area is 69.4 Å². The number of rotatable bonds is 5. The molecule has 5 heteroatoms. The molecular weight excluding hydrogens is 161 g/mol. The lowest BCUT2D eigenvalue weighted by molar-refractivity contribution is -0.107. The van der Waals surface area contributed by atoms with Gasteiger partial charge in [0.1, 0.15) is 13.0 Å². The van der Waals surface area contributed by atoms with Crippen molar-refractivity contribution in [1.29, 1.82) is 0 Å². The van der Waals surface area contributed by atoms with Gasteiger partial charge in [-0.1, -0.05) is 5.21 Å². The highest BCUT2D eigenvalue weighted by Crippen LogP contribution is 1.96. The minimum atomic E-state index is -0.448. The molecule has 1 heterocycles. The largest absolute Gasteiger partial charge is 0.303 e. The molecule has 0 aromatic carbocycles. The Kier molecular flexibility index (Phi) is 3.37. The highest BCUT2D eigenvalue weighted by atomic mass is 19.1. The van der Waals surface area contributed by atoms with E-state index in [2.05, 4.69) is 10.3 Å². The van der Waals surface area contributed by atoms with E-state index in [9.17, 15) is 9.18 Å². The van der Waals surface area contributed by atoms with Crippen LogP contribution in [0.15, 0.2) is 6.20 Å². The monoisotopic (exact) mass is 171 g/mol. The maximum Gasteiger partial charge on any atom is 0.120 e. The number of aryl methyl sites for hydroxylation is 2. The number of hydrogen-bond donors (Lipinski definition) is 0. The van der Waals surface area contributed by atoms with Gasteiger partial charge in [0.25, 0.3) is 0 Å². The third kappa shape index (κ3) is 2.41. The summed E-state index contributed by atoms with van der Waals surface area (Å²) in [6.45, 7) is -0.218. The van der Waals surface area contributed by atoms with Crippen molar-refractivity contribution in [3.63, 3.8) is 0 Å². The Morgan fingerprint density at radius 1 is 1.67 bits per heavy atom. The molecule has 0 aliphatic heterocycles. The molecule has 0 atom stereocenters. The Bertz CT molecular complexity index is 249. The summed E-state index contributed by atoms with van der Waals surface area (Å²) in [5, 5.41) is 7.43. The van der Waals surface area contributed by atoms with Crippen LogP contribution in [0.2, 0.25) is 0 Å². The first kappa shape index (κ1) is 8.83. The van der Waals surface area contributed by atoms with Gasteiger partial charge in [0.2, 0.25) is 0 Å². The van der Waals surface area contributed by atoms with Gasteiger partial charge in [-0.25, -0.2) is 9.07 Å². The molecule has 4 nitrogen and oxygen atoms in total. The minimum Gasteiger partial charge on any atom is -0.303 e. The van der Waals surface area contributed by atoms with Crippen LogP contribution >= 0.6 is 0 Å². The highest BCUT2D eigenvalue weighted by Gasteiger charge is 1.98. The molecular formula is C7H10FN3O. The first-order valence-electron chi connectivity index (χ1n) is 3.75. The quantitative estimate of drug-likeness (QED) is 0.602. The molecule has 66 valence electrons. The van der Waals surface area contributed by atoms with Crippen molar-refractivity contribution in [2.75, 3.05) is 6.67 Å². The first-order chi connectivity index (χ1) is 5.86. The van der Waals surface area contributed by atoms with Crippen LogP contribution in [0.5, 0.6) is 0 Å². The molecule has 0 saturated carbocycles. The second-order valence-corrected chi connectivity index (χ2v) is 2.37. The van der Waals surface area contributed by atoms with Crippen molar-refractivity contribution in [1.82, 2.24) is 15.0 Å². The SMILES string of the molecule is O=CCCc1cn(CCF)nn1. The fourth-order valence-electron chi connectivity index (χ4n) is 0.856. The second kappa shape index (κ2) is 4.58. The molecule has 0 fully saturated rings. The average Bonchev–Trinajstić information content (AvgIpc) is 2.50. The molecule has 0 bridgehead atoms. The standard InChI is InChI=1S/C7H10FN3O/c8-3-4-11-6-7(9-10-11)2-1-5-12/h5-6H,1-4H2. The molecule has 0 unspecified atom stereocenters. The zero-order chi connectivity index (χ0) is 8.81. The number of aromatic nitrogens is 3. The summed E-state index contributed by atoms with van der Waals surface area (Å²) >= 11 is 0. The van der Waals surface area contributed by atoms with E-state index < -0.39 is 6.67 Å². The number of aldehydes is 1. The van der Waals surface area contributed by atoms with Gasteiger partial charge < -0.3 is 4.79 Å². The summed E-state index contributed by atoms with van der Waals surface area (Å²) in [6.07, 6.45) is 3.50. The Hall–Kier alpha value is -1.26. The average molecular weight is 171 g/mol. The van der Waals surface area contributed by atoms with E-state index in [1.54, 1.807) is 6.20 Å². The van der Waals surface area contributed by atoms with Crippen molar-refractivity contribution in [2.24, 2.45) is 0 Å². The van der Waals surface area contributed by atoms with Gasteiger partial charge in [-0.3, -0.25) is 0 Å². The van der Waals surface area contributed by atoms with Gasteiger partial charge in [-0.05, 0) is 6.42 Å². The van der Waals surface area contributed by atoms with E-state index >= 15 is 0 Å². The zero-order valence-corrected chi connectivity index (χ0v) is 6.61. The lowest BCUT2D eigenvalue weighted by Crippen LogP contribution is -1.99. The van der Waals surface area contributed by atoms with Crippen LogP contribution in [0, 0.1) is 0 Å². The molecule has 0 aliphatic carbocycles. The normalized spacial score (nSPS) is 10.1. The van der Waals surface area contributed by atoms with E-state index in [1.165, 1.54) is 4.68 Å². The van der Waals surface area contributed by atoms with Crippen LogP contribution < -0.4 is 0 Å². The van der Waals surface area contributed by atoms with E-state index in [1.807, 2.05) is 0 Å². The number of nitrogens with zero attached hydrogens (tertiary/aromatic N) is 3. The number of alkyl halides is 1. The van der Waals surface area contributed by atoms with Crippen LogP contribution in [-0.4, -0.2) is 28.0 Å². The maximum absolute atomic E-state index is 11.8. The molecule has 0 saturated heterocycles. The minimum absolute atomic E-state index is 0.230. The highest BCUT2D eigenvalue weighted by molar-refractivity contribution is 5.49. The summed E-state index contributed by atoms with van der Waals surface area (Å²) < 4.78 is 13.2. The summed E-state index contributed by atoms with van der Waals surface area (Å²) in [6, 6.07) is 0. The number of carbonyl (C=O) groups is 1. The number of hydrogen-bond acceptors (Lipinski definition) is 3. The van der Waals surface area contributed by atoms with Crippen LogP contribution in [0.25, 0.3) is 0 Å². The van der Waals surface area contributed by atoms with Crippen LogP contribution in [0.1, 0.15) is 12.1 Å². The van der Waals surface area contributed by atoms with E-state index in [0.717, 1.165) is 12.0 Å². The molecule has 1 aromatic heterocycles. The smallest absolute Gasteiger partial charge is 0.120 e. The van der Waals surface area contributed by atoms with Crippen molar-refractivity contribution >= 4 is 6.29 Å². The molecule has 1 aromatic rings. The van der Waals surface area contributed by atoms with Gasteiger partial charge in [0, 0.05) is 12.6 Å². The van der Waals surface area contributed by atoms with E-state index in [-0.39, 0.29) is 6.54 Å². The van der Waals surface area contributed by atoms with Gasteiger partial charge in [0.05, 0.1) is 12.2 Å². The number of halogens is 1. The van der Waals surface area contributed by atoms with E-state index in [4.69, 9.17) is 0 Å². The third-order valence-corrected chi connectivity index (χ3v) is 1.42. The first-order valence-corrected chi connectivity index (χ1v) is 3.75. The fourth-order valence-corrected chi connectivity index (χ4v) is 0.856. The lowest BCUT2D eigenvalue weighted by atomic mass is 10.3. The fraction of sp³-hybridized carbons (Fsp3) is 0.571. The molecule has 0 radical (unpaired) electrons. The molecule has 0 spiro atoms. The summed E-state index contributed by atoms with van der Waals surface area (Å²) in [5.41, 5.74) is 0.732. The number of carbonyl (C=O) groups excluding carboxylic acids is 1. The zero-order valence-electron chi connectivity index (χ0n) is 6.61. The van der Waals surface area contributed by atoms with Crippen molar-refractivity contribution in [3.05, 3.63) is 11.9 Å². The Morgan fingerprint density at radius 2 is 2.50 bits per heavy atom. The van der Waals surface area contributed by atoms with Gasteiger partial charge >= 0.3 is 0 Å². The van der Waals surface area contributed by atoms with Crippen LogP contribution in [-0.2, 0) is 17.8 Å². The molecule has 12 heavy (non-hydrogen) atoms. The molecule has 0 amide bonds. The maximum atomic E-state index is 11.8. The van der Waals surface area contributed by atoms with Gasteiger partial charge in [-0.2, -0.15) is 0 Å². The second-order valence-electron chi connectivity index (χ2n) is 2.37. The third-order valence-electron chi connectivity index (χ3n) is 1.42. The van der Waals surface area contributed by atoms with Gasteiger partial charge in [0.15, 0.2) is 0 Å². The van der Waals surface area contributed by atoms with Crippen molar-refractivity contribution < 1.29 is 9.18 Å². The lowest BCUT2D eigenvalue weighted by Gasteiger charge is -1.90. The molecule has 0 aliphatic rings. The van der Waals surface area contributed by atoms with Crippen LogP contribution in [0.3, 0.4) is 0 Å². The molecule has 0 N–H and O–H groups in total.